The number of hydrogen-bond donors (Lipinski definition) is 1. The molecule has 8 heteroatoms. The number of hydrogen-bond acceptors (Lipinski definition) is 5. The summed E-state index contributed by atoms with van der Waals surface area (Å²) in [5.41, 5.74) is 0.374. The second kappa shape index (κ2) is 5.23. The molecule has 0 aliphatic rings. The average Bonchev–Trinajstić information content (AvgIpc) is 2.67. The van der Waals surface area contributed by atoms with Crippen LogP contribution in [-0.2, 0) is 13.6 Å². The number of anilines is 1. The van der Waals surface area contributed by atoms with Crippen LogP contribution in [0, 0.1) is 17.0 Å². The fraction of sp³-hybridized carbons (Fsp3) is 0.273. The van der Waals surface area contributed by atoms with Crippen molar-refractivity contribution in [3.8, 4) is 0 Å². The third kappa shape index (κ3) is 2.82. The molecule has 2 aromatic heterocycles. The van der Waals surface area contributed by atoms with Gasteiger partial charge in [0.05, 0.1) is 17.7 Å². The van der Waals surface area contributed by atoms with Gasteiger partial charge in [0.25, 0.3) is 5.69 Å². The van der Waals surface area contributed by atoms with Crippen LogP contribution in [0.5, 0.6) is 0 Å². The van der Waals surface area contributed by atoms with E-state index in [1.807, 2.05) is 0 Å². The van der Waals surface area contributed by atoms with Crippen molar-refractivity contribution in [1.82, 2.24) is 14.5 Å². The third-order valence-corrected chi connectivity index (χ3v) is 3.06. The number of nitro groups is 1. The molecule has 0 atom stereocenters. The van der Waals surface area contributed by atoms with E-state index in [1.165, 1.54) is 6.07 Å². The van der Waals surface area contributed by atoms with Crippen molar-refractivity contribution in [2.45, 2.75) is 13.5 Å². The molecule has 0 spiro atoms. The lowest BCUT2D eigenvalue weighted by Crippen LogP contribution is -2.08. The van der Waals surface area contributed by atoms with Gasteiger partial charge < -0.3 is 9.88 Å². The number of rotatable bonds is 4. The molecule has 0 saturated heterocycles. The highest BCUT2D eigenvalue weighted by atomic mass is 35.5. The normalized spacial score (nSPS) is 10.5. The maximum absolute atomic E-state index is 10.7. The number of halogens is 1. The van der Waals surface area contributed by atoms with Gasteiger partial charge in [-0.15, -0.1) is 0 Å². The smallest absolute Gasteiger partial charge is 0.290 e. The Morgan fingerprint density at radius 2 is 2.26 bits per heavy atom. The van der Waals surface area contributed by atoms with Gasteiger partial charge in [-0.2, -0.15) is 0 Å². The molecule has 2 heterocycles. The minimum atomic E-state index is -0.454. The zero-order chi connectivity index (χ0) is 14.0. The lowest BCUT2D eigenvalue weighted by atomic mass is 10.3. The summed E-state index contributed by atoms with van der Waals surface area (Å²) in [7, 11) is 1.81. The average molecular weight is 282 g/mol. The highest BCUT2D eigenvalue weighted by Gasteiger charge is 2.12. The van der Waals surface area contributed by atoms with Crippen molar-refractivity contribution in [2.24, 2.45) is 7.05 Å². The van der Waals surface area contributed by atoms with Crippen LogP contribution in [0.4, 0.5) is 11.5 Å². The van der Waals surface area contributed by atoms with E-state index in [4.69, 9.17) is 11.6 Å². The number of pyridine rings is 1. The monoisotopic (exact) mass is 281 g/mol. The van der Waals surface area contributed by atoms with Gasteiger partial charge in [-0.05, 0) is 13.0 Å². The molecule has 0 aliphatic heterocycles. The molecule has 0 aromatic carbocycles. The molecular formula is C11H12ClN5O2. The van der Waals surface area contributed by atoms with Crippen molar-refractivity contribution in [3.63, 3.8) is 0 Å². The first-order chi connectivity index (χ1) is 8.99. The maximum Gasteiger partial charge on any atom is 0.290 e. The summed E-state index contributed by atoms with van der Waals surface area (Å²) >= 11 is 5.87. The summed E-state index contributed by atoms with van der Waals surface area (Å²) < 4.78 is 1.74. The van der Waals surface area contributed by atoms with Crippen LogP contribution in [0.1, 0.15) is 11.5 Å². The Morgan fingerprint density at radius 1 is 1.53 bits per heavy atom. The quantitative estimate of drug-likeness (QED) is 0.686. The molecule has 19 heavy (non-hydrogen) atoms. The molecule has 0 bridgehead atoms. The van der Waals surface area contributed by atoms with Crippen LogP contribution in [0.3, 0.4) is 0 Å². The molecule has 0 fully saturated rings. The third-order valence-electron chi connectivity index (χ3n) is 2.71. The Kier molecular flexibility index (Phi) is 3.66. The first-order valence-corrected chi connectivity index (χ1v) is 5.89. The van der Waals surface area contributed by atoms with Crippen LogP contribution in [-0.4, -0.2) is 19.5 Å². The Morgan fingerprint density at radius 3 is 2.79 bits per heavy atom. The molecule has 0 aliphatic carbocycles. The van der Waals surface area contributed by atoms with E-state index >= 15 is 0 Å². The fourth-order valence-electron chi connectivity index (χ4n) is 1.60. The first-order valence-electron chi connectivity index (χ1n) is 5.51. The molecule has 1 N–H and O–H groups in total. The minimum absolute atomic E-state index is 0.00517. The molecule has 0 amide bonds. The van der Waals surface area contributed by atoms with E-state index in [-0.39, 0.29) is 5.69 Å². The molecule has 0 saturated carbocycles. The largest absolute Gasteiger partial charge is 0.363 e. The van der Waals surface area contributed by atoms with Crippen molar-refractivity contribution < 1.29 is 4.92 Å². The first kappa shape index (κ1) is 13.3. The Bertz CT molecular complexity index is 626. The van der Waals surface area contributed by atoms with Gasteiger partial charge in [-0.1, -0.05) is 11.6 Å². The summed E-state index contributed by atoms with van der Waals surface area (Å²) in [4.78, 5) is 18.5. The zero-order valence-electron chi connectivity index (χ0n) is 10.4. The molecule has 100 valence electrons. The van der Waals surface area contributed by atoms with Gasteiger partial charge in [-0.3, -0.25) is 10.1 Å². The summed E-state index contributed by atoms with van der Waals surface area (Å²) in [5.74, 6) is 1.31. The van der Waals surface area contributed by atoms with Crippen molar-refractivity contribution >= 4 is 23.1 Å². The van der Waals surface area contributed by atoms with Gasteiger partial charge >= 0.3 is 0 Å². The second-order valence-corrected chi connectivity index (χ2v) is 4.36. The van der Waals surface area contributed by atoms with E-state index in [2.05, 4.69) is 15.3 Å². The summed E-state index contributed by atoms with van der Waals surface area (Å²) in [6.45, 7) is 2.04. The second-order valence-electron chi connectivity index (χ2n) is 3.97. The van der Waals surface area contributed by atoms with E-state index in [9.17, 15) is 10.1 Å². The lowest BCUT2D eigenvalue weighted by Gasteiger charge is -2.06. The summed E-state index contributed by atoms with van der Waals surface area (Å²) in [6.07, 6.45) is 1.56. The highest BCUT2D eigenvalue weighted by Crippen LogP contribution is 2.18. The van der Waals surface area contributed by atoms with Gasteiger partial charge in [0.2, 0.25) is 0 Å². The molecule has 2 aromatic rings. The number of aryl methyl sites for hydroxylation is 1. The molecule has 2 rings (SSSR count). The minimum Gasteiger partial charge on any atom is -0.363 e. The fourth-order valence-corrected chi connectivity index (χ4v) is 1.75. The molecule has 0 radical (unpaired) electrons. The van der Waals surface area contributed by atoms with Crippen LogP contribution < -0.4 is 5.32 Å². The van der Waals surface area contributed by atoms with Crippen LogP contribution in [0.2, 0.25) is 5.15 Å². The number of imidazole rings is 1. The predicted molar refractivity (Wildman–Crippen MR) is 71.2 cm³/mol. The van der Waals surface area contributed by atoms with Crippen molar-refractivity contribution in [1.29, 1.82) is 0 Å². The molecule has 7 nitrogen and oxygen atoms in total. The molecule has 0 unspecified atom stereocenters. The predicted octanol–water partition coefficient (Wildman–Crippen LogP) is 2.30. The summed E-state index contributed by atoms with van der Waals surface area (Å²) in [6, 6.07) is 2.99. The van der Waals surface area contributed by atoms with Crippen molar-refractivity contribution in [3.05, 3.63) is 45.1 Å². The number of nitrogens with zero attached hydrogens (tertiary/aromatic N) is 4. The van der Waals surface area contributed by atoms with E-state index in [1.54, 1.807) is 30.8 Å². The van der Waals surface area contributed by atoms with Gasteiger partial charge in [0.1, 0.15) is 22.5 Å². The van der Waals surface area contributed by atoms with Crippen LogP contribution >= 0.6 is 11.6 Å². The standard InChI is InChI=1S/C11H12ClN5O2/c1-7-8(17(18)19)3-4-10(15-7)13-6-11-14-5-9(12)16(11)2/h3-5H,6H2,1-2H3,(H,13,15). The van der Waals surface area contributed by atoms with E-state index < -0.39 is 4.92 Å². The maximum atomic E-state index is 10.7. The van der Waals surface area contributed by atoms with Gasteiger partial charge in [-0.25, -0.2) is 9.97 Å². The SMILES string of the molecule is Cc1nc(NCc2ncc(Cl)n2C)ccc1[N+](=O)[O-]. The van der Waals surface area contributed by atoms with E-state index in [0.717, 1.165) is 5.82 Å². The lowest BCUT2D eigenvalue weighted by molar-refractivity contribution is -0.385. The Labute approximate surface area is 114 Å². The van der Waals surface area contributed by atoms with Crippen LogP contribution in [0.15, 0.2) is 18.3 Å². The zero-order valence-corrected chi connectivity index (χ0v) is 11.2. The van der Waals surface area contributed by atoms with Crippen molar-refractivity contribution in [2.75, 3.05) is 5.32 Å². The Balaban J connectivity index is 2.10. The Hall–Kier alpha value is -2.15. The molecular weight excluding hydrogens is 270 g/mol. The van der Waals surface area contributed by atoms with Crippen LogP contribution in [0.25, 0.3) is 0 Å². The highest BCUT2D eigenvalue weighted by molar-refractivity contribution is 6.29. The van der Waals surface area contributed by atoms with Gasteiger partial charge in [0, 0.05) is 13.1 Å². The number of nitrogens with one attached hydrogen (secondary N) is 1. The van der Waals surface area contributed by atoms with E-state index in [0.29, 0.717) is 23.2 Å². The summed E-state index contributed by atoms with van der Waals surface area (Å²) in [5, 5.41) is 14.3. The van der Waals surface area contributed by atoms with Gasteiger partial charge in [0.15, 0.2) is 0 Å². The topological polar surface area (TPSA) is 85.9 Å². The number of aromatic nitrogens is 3.